The van der Waals surface area contributed by atoms with Gasteiger partial charge in [-0.1, -0.05) is 39.3 Å². The SMILES string of the molecule is COc1cc(C=CC(=O)O[C@@H]2[C@H](O[C@@H]3O[C@H](COC(C)=O)[C@@H](O)[C@H](O)[C@H]3O)[C@@H](O[C@@H]3O[C@@H](C)[C@H](O[C@@H]4OC[C@@H](O)[C@H](O[C@@H]5O[C@H](CO)[C@@H](O)[C@@H]5O)[C@H]4O)[C@@H](O[C@@H]4OC[C@](O)(CO)[C@H]4O)[C@H]3O)[C@H](OC(=O)[C@]34CCC(C)(C)C[C@H]3C3=CC[C@@H]5[C@@]6(C)C[C@H](O)[C@H](O[C@@H]7O[C@H](CO)[C@@H](O)[C@H](O)[C@H]7O)[C@@](C)(C(=O)O)[C@@H]6CC[C@@]5(C)[C@]3(CO)CC4)O[C@@H]2C)cc(OC)c1OC. The van der Waals surface area contributed by atoms with Crippen LogP contribution in [0.25, 0.3) is 6.08 Å². The van der Waals surface area contributed by atoms with E-state index in [1.54, 1.807) is 0 Å². The van der Waals surface area contributed by atoms with E-state index >= 15 is 4.79 Å². The van der Waals surface area contributed by atoms with E-state index < -0.39 is 323 Å². The molecule has 5 aliphatic carbocycles. The van der Waals surface area contributed by atoms with Crippen LogP contribution in [0.15, 0.2) is 29.9 Å². The molecule has 0 bridgehead atoms. The van der Waals surface area contributed by atoms with Crippen LogP contribution in [0, 0.1) is 50.2 Å². The summed E-state index contributed by atoms with van der Waals surface area (Å²) >= 11 is 0. The van der Waals surface area contributed by atoms with Crippen molar-refractivity contribution in [3.63, 3.8) is 0 Å². The lowest BCUT2D eigenvalue weighted by Gasteiger charge is -2.71. The van der Waals surface area contributed by atoms with Gasteiger partial charge in [-0.2, -0.15) is 0 Å². The molecule has 4 saturated carbocycles. The molecule has 13 rings (SSSR count). The van der Waals surface area contributed by atoms with Gasteiger partial charge in [0.15, 0.2) is 61.4 Å². The van der Waals surface area contributed by atoms with Gasteiger partial charge in [0.1, 0.15) is 134 Å². The number of esters is 3. The third kappa shape index (κ3) is 17.5. The van der Waals surface area contributed by atoms with Crippen LogP contribution in [0.5, 0.6) is 17.2 Å². The second kappa shape index (κ2) is 37.8. The highest BCUT2D eigenvalue weighted by atomic mass is 16.8. The largest absolute Gasteiger partial charge is 0.493 e. The lowest BCUT2D eigenvalue weighted by molar-refractivity contribution is -0.398. The highest BCUT2D eigenvalue weighted by molar-refractivity contribution is 5.87. The van der Waals surface area contributed by atoms with Gasteiger partial charge in [-0.15, -0.1) is 0 Å². The molecule has 0 spiro atoms. The van der Waals surface area contributed by atoms with Gasteiger partial charge in [0.2, 0.25) is 12.0 Å². The fourth-order valence-corrected chi connectivity index (χ4v) is 22.2. The fraction of sp³-hybridized carbons (Fsp3) is 0.831. The number of rotatable bonds is 27. The molecular formula is C83H124O42. The van der Waals surface area contributed by atoms with Crippen LogP contribution in [0.4, 0.5) is 0 Å². The topological polar surface area (TPSA) is 628 Å². The zero-order chi connectivity index (χ0) is 91.2. The number of carbonyl (C=O) groups is 4. The van der Waals surface area contributed by atoms with Gasteiger partial charge in [-0.3, -0.25) is 14.4 Å². The molecule has 12 aliphatic rings. The number of aliphatic hydroxyl groups excluding tert-OH is 17. The molecular weight excluding hydrogens is 1670 g/mol. The van der Waals surface area contributed by atoms with E-state index in [0.29, 0.717) is 24.0 Å². The number of carboxylic acids is 1. The molecule has 125 heavy (non-hydrogen) atoms. The minimum absolute atomic E-state index is 0.00653. The summed E-state index contributed by atoms with van der Waals surface area (Å²) in [6, 6.07) is 3.01. The Kier molecular flexibility index (Phi) is 29.4. The molecule has 0 aromatic heterocycles. The number of hydrogen-bond donors (Lipinski definition) is 19. The third-order valence-electron chi connectivity index (χ3n) is 29.3. The molecule has 7 aliphatic heterocycles. The molecule has 19 N–H and O–H groups in total. The van der Waals surface area contributed by atoms with E-state index in [4.69, 9.17) is 90.0 Å². The molecule has 11 fully saturated rings. The molecule has 41 atom stereocenters. The quantitative estimate of drug-likeness (QED) is 0.0129. The van der Waals surface area contributed by atoms with Gasteiger partial charge >= 0.3 is 23.9 Å². The lowest BCUT2D eigenvalue weighted by Crippen LogP contribution is -2.71. The molecule has 42 heteroatoms. The van der Waals surface area contributed by atoms with Crippen LogP contribution in [-0.4, -0.2) is 391 Å². The summed E-state index contributed by atoms with van der Waals surface area (Å²) in [5.74, 6) is -5.80. The number of carboxylic acid groups (broad SMARTS) is 1. The number of aliphatic hydroxyl groups is 18. The summed E-state index contributed by atoms with van der Waals surface area (Å²) < 4.78 is 116. The highest BCUT2D eigenvalue weighted by Gasteiger charge is 2.75. The Balaban J connectivity index is 0.884. The number of benzene rings is 1. The molecule has 42 nitrogen and oxygen atoms in total. The van der Waals surface area contributed by atoms with Crippen LogP contribution < -0.4 is 14.2 Å². The van der Waals surface area contributed by atoms with Crippen LogP contribution in [0.1, 0.15) is 119 Å². The van der Waals surface area contributed by atoms with E-state index in [1.807, 2.05) is 33.8 Å². The normalized spacial score (nSPS) is 47.8. The first-order valence-electron chi connectivity index (χ1n) is 42.4. The van der Waals surface area contributed by atoms with Crippen molar-refractivity contribution in [3.05, 3.63) is 35.4 Å². The van der Waals surface area contributed by atoms with Crippen molar-refractivity contribution in [1.82, 2.24) is 0 Å². The number of carbonyl (C=O) groups excluding carboxylic acids is 3. The molecule has 708 valence electrons. The molecule has 7 heterocycles. The van der Waals surface area contributed by atoms with Gasteiger partial charge in [0.25, 0.3) is 0 Å². The van der Waals surface area contributed by atoms with E-state index in [2.05, 4.69) is 0 Å². The molecule has 1 aromatic rings. The summed E-state index contributed by atoms with van der Waals surface area (Å²) in [7, 11) is 4.11. The molecule has 0 amide bonds. The van der Waals surface area contributed by atoms with Gasteiger partial charge < -0.3 is 187 Å². The van der Waals surface area contributed by atoms with E-state index in [1.165, 1.54) is 60.3 Å². The average Bonchev–Trinajstić information content (AvgIpc) is 0.940. The van der Waals surface area contributed by atoms with E-state index in [9.17, 15) is 111 Å². The van der Waals surface area contributed by atoms with Crippen molar-refractivity contribution in [2.24, 2.45) is 50.2 Å². The Morgan fingerprint density at radius 3 is 1.66 bits per heavy atom. The number of allylic oxidation sites excluding steroid dienone is 1. The van der Waals surface area contributed by atoms with Crippen molar-refractivity contribution >= 4 is 30.0 Å². The number of hydrogen-bond acceptors (Lipinski definition) is 41. The molecule has 0 radical (unpaired) electrons. The number of aliphatic carboxylic acids is 1. The fourth-order valence-electron chi connectivity index (χ4n) is 22.2. The predicted molar refractivity (Wildman–Crippen MR) is 413 cm³/mol. The summed E-state index contributed by atoms with van der Waals surface area (Å²) in [4.78, 5) is 58.1. The van der Waals surface area contributed by atoms with Crippen molar-refractivity contribution in [3.8, 4) is 17.2 Å². The minimum Gasteiger partial charge on any atom is -0.493 e. The van der Waals surface area contributed by atoms with Gasteiger partial charge in [0.05, 0.1) is 90.1 Å². The summed E-state index contributed by atoms with van der Waals surface area (Å²) in [5.41, 5.74) is -8.61. The summed E-state index contributed by atoms with van der Waals surface area (Å²) in [6.45, 7) is 7.84. The van der Waals surface area contributed by atoms with Crippen molar-refractivity contribution in [2.75, 3.05) is 67.6 Å². The Morgan fingerprint density at radius 2 is 1.07 bits per heavy atom. The number of fused-ring (bicyclic) bond motifs is 7. The van der Waals surface area contributed by atoms with Gasteiger partial charge in [-0.05, 0) is 136 Å². The number of methoxy groups -OCH3 is 3. The van der Waals surface area contributed by atoms with Crippen LogP contribution in [0.3, 0.4) is 0 Å². The standard InChI is InChI=1S/C83H124O42/c1-33-59(119-68-57(100)61(40(90)28-111-68)120-69-54(97)50(93)44(27-85)115-69)63(121-74-66(102)83(106,31-87)32-112-74)58(101)72(113-33)123-65-64(122-70-55(98)53(96)51(94)45(117-70)29-110-35(3)88)60(118-48(91)15-12-36-22-41(107-9)62(109-11)42(23-36)108-10)34(2)114-73(65)125-76(105)81-19-18-77(4,5)24-38(81)37-13-14-46-78(6)25-39(89)67(124-71-56(99)52(95)49(92)43(26-84)116-71)80(8,75(103)104)47(78)16-17-79(46,7)82(37,30-86)21-20-81/h12-13,15,22-23,33-34,38-40,43-47,49-61,63-74,84-87,89-90,92-102,106H,14,16-21,24-32H2,1-11H3,(H,103,104)/t33-,34+,38-,39-,40+,43+,44+,45+,46+,47+,49+,50+,51+,52-,53-,54-,55+,56+,57+,58+,59-,60-,61-,63-,64-,65+,66-,67-,68-,69-,70-,71-,72-,73-,74-,78+,79+,80-,81-,82-,83+/m0/s1. The first-order valence-corrected chi connectivity index (χ1v) is 42.4. The minimum atomic E-state index is -2.40. The summed E-state index contributed by atoms with van der Waals surface area (Å²) in [6.07, 6.45) is -54.5. The molecule has 0 unspecified atom stereocenters. The predicted octanol–water partition coefficient (Wildman–Crippen LogP) is -4.72. The average molecular weight is 1790 g/mol. The highest BCUT2D eigenvalue weighted by Crippen LogP contribution is 2.76. The second-order valence-corrected chi connectivity index (χ2v) is 37.1. The monoisotopic (exact) mass is 1790 g/mol. The Hall–Kier alpha value is -5.26. The number of ether oxygens (including phenoxy) is 19. The van der Waals surface area contributed by atoms with Crippen molar-refractivity contribution in [1.29, 1.82) is 0 Å². The maximum absolute atomic E-state index is 16.8. The second-order valence-electron chi connectivity index (χ2n) is 37.1. The summed E-state index contributed by atoms with van der Waals surface area (Å²) in [5, 5.41) is 215. The Labute approximate surface area is 719 Å². The Bertz CT molecular complexity index is 3960. The maximum Gasteiger partial charge on any atom is 0.331 e. The zero-order valence-electron chi connectivity index (χ0n) is 71.3. The Morgan fingerprint density at radius 1 is 0.528 bits per heavy atom. The smallest absolute Gasteiger partial charge is 0.331 e. The van der Waals surface area contributed by atoms with Gasteiger partial charge in [-0.25, -0.2) is 4.79 Å². The molecule has 7 saturated heterocycles. The lowest BCUT2D eigenvalue weighted by atomic mass is 9.33. The zero-order valence-corrected chi connectivity index (χ0v) is 71.3. The van der Waals surface area contributed by atoms with Crippen molar-refractivity contribution in [2.45, 2.75) is 315 Å². The van der Waals surface area contributed by atoms with Crippen LogP contribution in [0.2, 0.25) is 0 Å². The van der Waals surface area contributed by atoms with Gasteiger partial charge in [0, 0.05) is 18.4 Å². The van der Waals surface area contributed by atoms with Crippen molar-refractivity contribution < 1.29 is 206 Å². The van der Waals surface area contributed by atoms with Crippen LogP contribution in [-0.2, 0) is 95.0 Å². The molecule has 1 aromatic carbocycles. The van der Waals surface area contributed by atoms with E-state index in [-0.39, 0.29) is 62.2 Å². The maximum atomic E-state index is 16.8. The van der Waals surface area contributed by atoms with E-state index in [0.717, 1.165) is 13.0 Å². The first-order chi connectivity index (χ1) is 58.9. The van der Waals surface area contributed by atoms with Crippen LogP contribution >= 0.6 is 0 Å². The third-order valence-corrected chi connectivity index (χ3v) is 29.3. The first kappa shape index (κ1) is 97.3.